The van der Waals surface area contributed by atoms with Crippen molar-refractivity contribution in [2.75, 3.05) is 26.5 Å². The first-order valence-corrected chi connectivity index (χ1v) is 22.5. The van der Waals surface area contributed by atoms with Gasteiger partial charge in [-0.1, -0.05) is 121 Å². The molecule has 0 bridgehead atoms. The van der Waals surface area contributed by atoms with Crippen LogP contribution in [0.4, 0.5) is 4.39 Å². The molecule has 61 heavy (non-hydrogen) atoms. The largest absolute Gasteiger partial charge is 0.449 e. The Morgan fingerprint density at radius 3 is 1.44 bits per heavy atom. The first-order valence-electron chi connectivity index (χ1n) is 19.2. The van der Waals surface area contributed by atoms with E-state index in [2.05, 4.69) is 0 Å². The average Bonchev–Trinajstić information content (AvgIpc) is 3.26. The zero-order valence-electron chi connectivity index (χ0n) is 33.5. The van der Waals surface area contributed by atoms with Gasteiger partial charge in [-0.05, 0) is 79.4 Å². The van der Waals surface area contributed by atoms with Crippen LogP contribution in [0, 0.1) is 20.8 Å². The molecule has 2 aromatic heterocycles. The minimum Gasteiger partial charge on any atom is -0.449 e. The third-order valence-corrected chi connectivity index (χ3v) is 12.9. The number of rotatable bonds is 17. The molecule has 0 aliphatic heterocycles. The van der Waals surface area contributed by atoms with Crippen LogP contribution in [0.3, 0.4) is 0 Å². The molecule has 0 fully saturated rings. The van der Waals surface area contributed by atoms with Crippen LogP contribution in [0.2, 0.25) is 0 Å². The number of alkyl halides is 1. The van der Waals surface area contributed by atoms with Crippen LogP contribution < -0.4 is 10.9 Å². The van der Waals surface area contributed by atoms with Crippen LogP contribution in [0.25, 0.3) is 21.9 Å². The fourth-order valence-electron chi connectivity index (χ4n) is 5.88. The van der Waals surface area contributed by atoms with Gasteiger partial charge in [0.15, 0.2) is 21.0 Å². The summed E-state index contributed by atoms with van der Waals surface area (Å²) in [6, 6.07) is 37.0. The number of halogens is 1. The molecule has 0 atom stereocenters. The standard InChI is InChI=1S/C27H26O6S2.C20H19FO3S.CH4/c1-19-7-13-23(14-8-19)35(29,30)32-16-15-31-17-21-9-11-22(12-10-21)18-34-27-20(2)26(28)24-5-3-4-6-25(24)33-27;1-14-19(22)17-4-2-3-5-18(17)24-20(14)25-13-16-8-6-15(7-9-16)12-23-11-10-21;/h3-14H,15-18H2,1-2H3;2-9H,10-13H2,1H3;1H4/i;21-1;. The molecule has 0 unspecified atom stereocenters. The molecule has 0 saturated heterocycles. The normalized spacial score (nSPS) is 11.3. The molecule has 320 valence electrons. The first kappa shape index (κ1) is 47.0. The quantitative estimate of drug-likeness (QED) is 0.0493. The van der Waals surface area contributed by atoms with Gasteiger partial charge < -0.3 is 18.3 Å². The van der Waals surface area contributed by atoms with Crippen molar-refractivity contribution in [3.8, 4) is 0 Å². The van der Waals surface area contributed by atoms with Crippen molar-refractivity contribution in [2.45, 2.75) is 68.0 Å². The van der Waals surface area contributed by atoms with E-state index in [1.54, 1.807) is 44.2 Å². The van der Waals surface area contributed by atoms with Crippen molar-refractivity contribution in [3.05, 3.63) is 181 Å². The lowest BCUT2D eigenvalue weighted by molar-refractivity contribution is 0.0907. The maximum atomic E-state index is 12.6. The van der Waals surface area contributed by atoms with Gasteiger partial charge in [-0.2, -0.15) is 8.42 Å². The zero-order chi connectivity index (χ0) is 42.5. The number of fused-ring (bicyclic) bond motifs is 2. The highest BCUT2D eigenvalue weighted by Crippen LogP contribution is 2.29. The molecule has 0 N–H and O–H groups in total. The third kappa shape index (κ3) is 13.0. The van der Waals surface area contributed by atoms with E-state index in [1.807, 2.05) is 85.8 Å². The number of aryl methyl sites for hydroxylation is 1. The van der Waals surface area contributed by atoms with Gasteiger partial charge in [-0.15, -0.1) is 0 Å². The molecule has 9 nitrogen and oxygen atoms in total. The average molecular weight is 884 g/mol. The van der Waals surface area contributed by atoms with Gasteiger partial charge in [-0.3, -0.25) is 13.8 Å². The minimum atomic E-state index is -3.78. The summed E-state index contributed by atoms with van der Waals surface area (Å²) in [5.41, 5.74) is 7.63. The van der Waals surface area contributed by atoms with E-state index >= 15 is 0 Å². The molecule has 0 radical (unpaired) electrons. The Balaban J connectivity index is 0.000000240. The van der Waals surface area contributed by atoms with E-state index in [-0.39, 0.29) is 43.0 Å². The molecular formula is C48H49FO9S3. The van der Waals surface area contributed by atoms with Crippen LogP contribution in [0.1, 0.15) is 46.4 Å². The molecule has 2 heterocycles. The van der Waals surface area contributed by atoms with Crippen molar-refractivity contribution in [1.29, 1.82) is 0 Å². The summed E-state index contributed by atoms with van der Waals surface area (Å²) in [4.78, 5) is 25.1. The Labute approximate surface area is 364 Å². The molecule has 13 heteroatoms. The van der Waals surface area contributed by atoms with Gasteiger partial charge in [0.1, 0.15) is 17.8 Å². The second-order valence-corrected chi connectivity index (χ2v) is 17.3. The second kappa shape index (κ2) is 22.7. The van der Waals surface area contributed by atoms with Crippen molar-refractivity contribution in [1.82, 2.24) is 0 Å². The Morgan fingerprint density at radius 2 is 0.984 bits per heavy atom. The maximum absolute atomic E-state index is 12.6. The highest BCUT2D eigenvalue weighted by molar-refractivity contribution is 7.98. The summed E-state index contributed by atoms with van der Waals surface area (Å²) in [5, 5.41) is 2.49. The highest BCUT2D eigenvalue weighted by Gasteiger charge is 2.15. The van der Waals surface area contributed by atoms with Crippen molar-refractivity contribution in [3.63, 3.8) is 0 Å². The number of thioether (sulfide) groups is 2. The van der Waals surface area contributed by atoms with E-state index in [4.69, 9.17) is 22.5 Å². The molecule has 0 aliphatic rings. The SMILES string of the molecule is C.Cc1c(SCc2ccc(COCC[18F])cc2)oc2ccccc2c1=O.Cc1ccc(S(=O)(=O)OCCOCc2ccc(CSc3oc4ccccc4c(=O)c3C)cc2)cc1. The Bertz CT molecular complexity index is 2730. The molecular weight excluding hydrogens is 835 g/mol. The summed E-state index contributed by atoms with van der Waals surface area (Å²) in [6.45, 7) is 5.99. The smallest absolute Gasteiger partial charge is 0.297 e. The summed E-state index contributed by atoms with van der Waals surface area (Å²) in [5.74, 6) is 1.36. The Hall–Kier alpha value is -5.02. The fourth-order valence-corrected chi connectivity index (χ4v) is 8.66. The first-order chi connectivity index (χ1) is 29.0. The Kier molecular flexibility index (Phi) is 17.5. The van der Waals surface area contributed by atoms with E-state index in [0.717, 1.165) is 27.8 Å². The van der Waals surface area contributed by atoms with Gasteiger partial charge in [0.25, 0.3) is 10.1 Å². The molecule has 5 aromatic carbocycles. The van der Waals surface area contributed by atoms with Gasteiger partial charge >= 0.3 is 0 Å². The number of ether oxygens (including phenoxy) is 2. The summed E-state index contributed by atoms with van der Waals surface area (Å²) < 4.78 is 64.0. The van der Waals surface area contributed by atoms with Gasteiger partial charge in [0.2, 0.25) is 0 Å². The molecule has 0 spiro atoms. The molecule has 7 rings (SSSR count). The third-order valence-electron chi connectivity index (χ3n) is 9.28. The van der Waals surface area contributed by atoms with Crippen molar-refractivity contribution < 1.29 is 35.3 Å². The van der Waals surface area contributed by atoms with E-state index in [1.165, 1.54) is 35.7 Å². The second-order valence-electron chi connectivity index (χ2n) is 13.8. The minimum absolute atomic E-state index is 0. The van der Waals surface area contributed by atoms with Crippen LogP contribution in [-0.4, -0.2) is 34.9 Å². The van der Waals surface area contributed by atoms with Gasteiger partial charge in [0, 0.05) is 22.6 Å². The van der Waals surface area contributed by atoms with E-state index in [0.29, 0.717) is 68.0 Å². The monoisotopic (exact) mass is 883 g/mol. The van der Waals surface area contributed by atoms with Gasteiger partial charge in [0.05, 0.1) is 48.7 Å². The summed E-state index contributed by atoms with van der Waals surface area (Å²) >= 11 is 3.00. The van der Waals surface area contributed by atoms with Crippen LogP contribution in [0.5, 0.6) is 0 Å². The molecule has 0 aliphatic carbocycles. The molecule has 0 saturated carbocycles. The van der Waals surface area contributed by atoms with Crippen LogP contribution in [-0.2, 0) is 48.5 Å². The number of para-hydroxylation sites is 2. The number of hydrogen-bond donors (Lipinski definition) is 0. The fraction of sp³-hybridized carbons (Fsp3) is 0.250. The molecule has 7 aromatic rings. The lowest BCUT2D eigenvalue weighted by Gasteiger charge is -2.08. The van der Waals surface area contributed by atoms with Crippen molar-refractivity contribution >= 4 is 55.6 Å². The van der Waals surface area contributed by atoms with E-state index < -0.39 is 16.8 Å². The zero-order valence-corrected chi connectivity index (χ0v) is 35.9. The lowest BCUT2D eigenvalue weighted by Crippen LogP contribution is -2.11. The summed E-state index contributed by atoms with van der Waals surface area (Å²) in [6.07, 6.45) is 0. The summed E-state index contributed by atoms with van der Waals surface area (Å²) in [7, 11) is -3.78. The van der Waals surface area contributed by atoms with Crippen LogP contribution in [0.15, 0.2) is 155 Å². The van der Waals surface area contributed by atoms with Crippen molar-refractivity contribution in [2.24, 2.45) is 0 Å². The Morgan fingerprint density at radius 1 is 0.557 bits per heavy atom. The molecule has 0 amide bonds. The van der Waals surface area contributed by atoms with Crippen LogP contribution >= 0.6 is 23.5 Å². The predicted octanol–water partition coefficient (Wildman–Crippen LogP) is 11.1. The number of hydrogen-bond acceptors (Lipinski definition) is 11. The maximum Gasteiger partial charge on any atom is 0.297 e. The predicted molar refractivity (Wildman–Crippen MR) is 243 cm³/mol. The number of benzene rings is 5. The highest BCUT2D eigenvalue weighted by atomic mass is 32.2. The van der Waals surface area contributed by atoms with Gasteiger partial charge in [-0.25, -0.2) is 4.39 Å². The van der Waals surface area contributed by atoms with E-state index in [9.17, 15) is 22.4 Å². The topological polar surface area (TPSA) is 122 Å². The lowest BCUT2D eigenvalue weighted by atomic mass is 10.2.